The number of ketones is 1. The molecule has 4 rings (SSSR count). The third kappa shape index (κ3) is 2.10. The van der Waals surface area contributed by atoms with E-state index in [1.54, 1.807) is 6.92 Å². The molecule has 3 saturated carbocycles. The summed E-state index contributed by atoms with van der Waals surface area (Å²) in [4.78, 5) is 25.0. The molecule has 1 heterocycles. The summed E-state index contributed by atoms with van der Waals surface area (Å²) in [6, 6.07) is 0. The normalized spacial score (nSPS) is 48.0. The molecule has 1 spiro atoms. The summed E-state index contributed by atoms with van der Waals surface area (Å²) in [6.45, 7) is 8.49. The predicted molar refractivity (Wildman–Crippen MR) is 95.3 cm³/mol. The van der Waals surface area contributed by atoms with Crippen LogP contribution < -0.4 is 0 Å². The molecule has 0 amide bonds. The highest BCUT2D eigenvalue weighted by molar-refractivity contribution is 6.08. The van der Waals surface area contributed by atoms with E-state index >= 15 is 0 Å². The second-order valence-corrected chi connectivity index (χ2v) is 9.71. The van der Waals surface area contributed by atoms with Gasteiger partial charge in [0.2, 0.25) is 0 Å². The fraction of sp³-hybridized carbons (Fsp3) is 0.810. The van der Waals surface area contributed by atoms with E-state index < -0.39 is 17.7 Å². The lowest BCUT2D eigenvalue weighted by atomic mass is 9.43. The van der Waals surface area contributed by atoms with Crippen molar-refractivity contribution in [2.24, 2.45) is 22.7 Å². The summed E-state index contributed by atoms with van der Waals surface area (Å²) < 4.78 is 11.0. The summed E-state index contributed by atoms with van der Waals surface area (Å²) in [5, 5.41) is 11.1. The molecule has 0 aromatic carbocycles. The van der Waals surface area contributed by atoms with E-state index in [1.807, 2.05) is 0 Å². The molecule has 0 aromatic rings. The molecule has 0 bridgehead atoms. The number of fused-ring (bicyclic) bond motifs is 2. The Morgan fingerprint density at radius 1 is 1.23 bits per heavy atom. The smallest absolute Gasteiger partial charge is 0.333 e. The zero-order chi connectivity index (χ0) is 19.1. The Morgan fingerprint density at radius 2 is 1.92 bits per heavy atom. The average molecular weight is 362 g/mol. The fourth-order valence-corrected chi connectivity index (χ4v) is 6.97. The van der Waals surface area contributed by atoms with Gasteiger partial charge in [-0.1, -0.05) is 27.2 Å². The lowest BCUT2D eigenvalue weighted by Crippen LogP contribution is -2.62. The quantitative estimate of drug-likeness (QED) is 0.441. The standard InChI is InChI=1S/C21H30O5/c1-11(18(24)25-5)13-14(22)15(23)16-20(4)9-6-8-19(2,3)12(20)7-10-21(16)17(13)26-21/h12,15-17,23H,6-10H2,1-5H3/b13-11+/t12-,15+,16+,17-,20-,21+/m1/s1. The molecular formula is C21H30O5. The molecule has 26 heavy (non-hydrogen) atoms. The third-order valence-electron chi connectivity index (χ3n) is 8.07. The molecule has 1 saturated heterocycles. The molecule has 144 valence electrons. The number of hydrogen-bond acceptors (Lipinski definition) is 5. The second kappa shape index (κ2) is 5.41. The van der Waals surface area contributed by atoms with E-state index in [1.165, 1.54) is 13.5 Å². The van der Waals surface area contributed by atoms with Crippen LogP contribution in [0.2, 0.25) is 0 Å². The first-order valence-electron chi connectivity index (χ1n) is 9.79. The van der Waals surface area contributed by atoms with Gasteiger partial charge in [0.1, 0.15) is 17.8 Å². The highest BCUT2D eigenvalue weighted by atomic mass is 16.6. The largest absolute Gasteiger partial charge is 0.466 e. The van der Waals surface area contributed by atoms with Gasteiger partial charge in [0, 0.05) is 17.1 Å². The maximum Gasteiger partial charge on any atom is 0.333 e. The number of carbonyl (C=O) groups excluding carboxylic acids is 2. The molecule has 4 aliphatic rings. The lowest BCUT2D eigenvalue weighted by Gasteiger charge is -2.60. The van der Waals surface area contributed by atoms with Crippen LogP contribution in [0, 0.1) is 22.7 Å². The van der Waals surface area contributed by atoms with Crippen molar-refractivity contribution in [2.45, 2.75) is 77.6 Å². The van der Waals surface area contributed by atoms with Crippen molar-refractivity contribution in [1.29, 1.82) is 0 Å². The van der Waals surface area contributed by atoms with Crippen LogP contribution in [0.3, 0.4) is 0 Å². The Bertz CT molecular complexity index is 707. The molecule has 1 aliphatic heterocycles. The lowest BCUT2D eigenvalue weighted by molar-refractivity contribution is -0.159. The maximum atomic E-state index is 13.1. The summed E-state index contributed by atoms with van der Waals surface area (Å²) >= 11 is 0. The molecule has 1 N–H and O–H groups in total. The molecule has 5 nitrogen and oxygen atoms in total. The van der Waals surface area contributed by atoms with Gasteiger partial charge in [0.05, 0.1) is 7.11 Å². The van der Waals surface area contributed by atoms with E-state index in [9.17, 15) is 14.7 Å². The van der Waals surface area contributed by atoms with E-state index in [4.69, 9.17) is 9.47 Å². The molecule has 5 heteroatoms. The first-order valence-corrected chi connectivity index (χ1v) is 9.79. The highest BCUT2D eigenvalue weighted by Crippen LogP contribution is 2.70. The summed E-state index contributed by atoms with van der Waals surface area (Å²) in [6.07, 6.45) is 3.73. The molecule has 4 fully saturated rings. The van der Waals surface area contributed by atoms with Crippen molar-refractivity contribution >= 4 is 11.8 Å². The van der Waals surface area contributed by atoms with Gasteiger partial charge in [-0.2, -0.15) is 0 Å². The minimum Gasteiger partial charge on any atom is -0.466 e. The zero-order valence-electron chi connectivity index (χ0n) is 16.4. The number of methoxy groups -OCH3 is 1. The summed E-state index contributed by atoms with van der Waals surface area (Å²) in [7, 11) is 1.30. The Balaban J connectivity index is 1.78. The number of carbonyl (C=O) groups is 2. The van der Waals surface area contributed by atoms with E-state index in [0.29, 0.717) is 11.5 Å². The first kappa shape index (κ1) is 18.2. The van der Waals surface area contributed by atoms with Gasteiger partial charge in [0.25, 0.3) is 0 Å². The topological polar surface area (TPSA) is 76.1 Å². The van der Waals surface area contributed by atoms with Gasteiger partial charge in [0.15, 0.2) is 5.78 Å². The van der Waals surface area contributed by atoms with Crippen LogP contribution >= 0.6 is 0 Å². The zero-order valence-corrected chi connectivity index (χ0v) is 16.4. The Morgan fingerprint density at radius 3 is 2.58 bits per heavy atom. The van der Waals surface area contributed by atoms with Crippen LogP contribution in [-0.4, -0.2) is 41.8 Å². The van der Waals surface area contributed by atoms with Crippen LogP contribution in [0.15, 0.2) is 11.1 Å². The van der Waals surface area contributed by atoms with Gasteiger partial charge < -0.3 is 14.6 Å². The number of rotatable bonds is 1. The van der Waals surface area contributed by atoms with Crippen LogP contribution in [0.1, 0.15) is 59.8 Å². The minimum absolute atomic E-state index is 0.117. The number of aliphatic hydroxyl groups excluding tert-OH is 1. The Labute approximate surface area is 155 Å². The summed E-state index contributed by atoms with van der Waals surface area (Å²) in [5.41, 5.74) is 0.205. The van der Waals surface area contributed by atoms with E-state index in [-0.39, 0.29) is 34.2 Å². The van der Waals surface area contributed by atoms with Crippen LogP contribution in [-0.2, 0) is 19.1 Å². The monoisotopic (exact) mass is 362 g/mol. The summed E-state index contributed by atoms with van der Waals surface area (Å²) in [5.74, 6) is -0.594. The van der Waals surface area contributed by atoms with Gasteiger partial charge in [-0.25, -0.2) is 4.79 Å². The van der Waals surface area contributed by atoms with E-state index in [2.05, 4.69) is 20.8 Å². The average Bonchev–Trinajstić information content (AvgIpc) is 3.26. The van der Waals surface area contributed by atoms with Crippen molar-refractivity contribution in [3.05, 3.63) is 11.1 Å². The third-order valence-corrected chi connectivity index (χ3v) is 8.07. The number of esters is 1. The van der Waals surface area contributed by atoms with Crippen molar-refractivity contribution in [1.82, 2.24) is 0 Å². The van der Waals surface area contributed by atoms with Crippen LogP contribution in [0.4, 0.5) is 0 Å². The fourth-order valence-electron chi connectivity index (χ4n) is 6.97. The van der Waals surface area contributed by atoms with Crippen LogP contribution in [0.5, 0.6) is 0 Å². The number of ether oxygens (including phenoxy) is 2. The molecule has 3 aliphatic carbocycles. The van der Waals surface area contributed by atoms with Gasteiger partial charge in [-0.3, -0.25) is 4.79 Å². The number of epoxide rings is 1. The van der Waals surface area contributed by atoms with Crippen LogP contribution in [0.25, 0.3) is 0 Å². The van der Waals surface area contributed by atoms with Crippen molar-refractivity contribution in [2.75, 3.05) is 7.11 Å². The predicted octanol–water partition coefficient (Wildman–Crippen LogP) is 2.80. The SMILES string of the molecule is COC(=O)/C(C)=C1\C(=O)[C@H](O)[C@H]2[C@]3(C)CCCC(C)(C)[C@H]3CC[C@]23O[C@H]13. The van der Waals surface area contributed by atoms with Gasteiger partial charge in [-0.15, -0.1) is 0 Å². The Kier molecular flexibility index (Phi) is 3.79. The van der Waals surface area contributed by atoms with Gasteiger partial charge >= 0.3 is 5.97 Å². The second-order valence-electron chi connectivity index (χ2n) is 9.71. The van der Waals surface area contributed by atoms with E-state index in [0.717, 1.165) is 25.7 Å². The number of hydrogen-bond donors (Lipinski definition) is 1. The number of aliphatic hydroxyl groups is 1. The molecule has 0 radical (unpaired) electrons. The van der Waals surface area contributed by atoms with Crippen molar-refractivity contribution in [3.8, 4) is 0 Å². The minimum atomic E-state index is -1.11. The van der Waals surface area contributed by atoms with Crippen molar-refractivity contribution < 1.29 is 24.2 Å². The highest BCUT2D eigenvalue weighted by Gasteiger charge is 2.76. The molecule has 0 aromatic heterocycles. The van der Waals surface area contributed by atoms with Gasteiger partial charge in [-0.05, 0) is 49.4 Å². The molecule has 6 atom stereocenters. The maximum absolute atomic E-state index is 13.1. The first-order chi connectivity index (χ1) is 12.1. The van der Waals surface area contributed by atoms with Crippen molar-refractivity contribution in [3.63, 3.8) is 0 Å². The molecule has 0 unspecified atom stereocenters. The Hall–Kier alpha value is -1.20. The number of Topliss-reactive ketones (excluding diaryl/α,β-unsaturated/α-hetero) is 1. The molecular weight excluding hydrogens is 332 g/mol.